The quantitative estimate of drug-likeness (QED) is 0.792. The third-order valence-corrected chi connectivity index (χ3v) is 3.33. The average molecular weight is 321 g/mol. The Kier molecular flexibility index (Phi) is 5.40. The number of carbonyl (C=O) groups excluding carboxylic acids is 1. The van der Waals surface area contributed by atoms with Gasteiger partial charge >= 0.3 is 12.6 Å². The molecule has 9 heteroatoms. The molecule has 1 fully saturated rings. The molecule has 1 aromatic rings. The van der Waals surface area contributed by atoms with Crippen molar-refractivity contribution in [1.29, 1.82) is 0 Å². The lowest BCUT2D eigenvalue weighted by atomic mass is 9.81. The lowest BCUT2D eigenvalue weighted by molar-refractivity contribution is -0.0529. The van der Waals surface area contributed by atoms with Crippen LogP contribution in [0.2, 0.25) is 0 Å². The molecule has 0 atom stereocenters. The first-order valence-electron chi connectivity index (χ1n) is 6.66. The standard InChI is InChI=1S/C13H15F4N3O2/c14-11(15)8-4-9(5-8)20-13(21)19-6-7-1-2-18-10(3-7)22-12(16)17/h1-3,8-9,11-12H,4-6H2,(H2,19,20,21). The summed E-state index contributed by atoms with van der Waals surface area (Å²) in [5.41, 5.74) is 0.528. The highest BCUT2D eigenvalue weighted by Gasteiger charge is 2.36. The van der Waals surface area contributed by atoms with Gasteiger partial charge in [0.25, 0.3) is 0 Å². The number of carbonyl (C=O) groups is 1. The molecule has 1 heterocycles. The molecular weight excluding hydrogens is 306 g/mol. The largest absolute Gasteiger partial charge is 0.417 e. The Balaban J connectivity index is 1.72. The van der Waals surface area contributed by atoms with Crippen LogP contribution in [0.15, 0.2) is 18.3 Å². The molecule has 2 rings (SSSR count). The predicted molar refractivity (Wildman–Crippen MR) is 68.8 cm³/mol. The average Bonchev–Trinajstić information content (AvgIpc) is 2.39. The van der Waals surface area contributed by atoms with E-state index in [1.807, 2.05) is 0 Å². The maximum Gasteiger partial charge on any atom is 0.388 e. The molecule has 0 radical (unpaired) electrons. The second-order valence-corrected chi connectivity index (χ2v) is 4.97. The van der Waals surface area contributed by atoms with E-state index in [0.717, 1.165) is 0 Å². The molecule has 0 spiro atoms. The first-order valence-corrected chi connectivity index (χ1v) is 6.66. The zero-order valence-electron chi connectivity index (χ0n) is 11.4. The van der Waals surface area contributed by atoms with Gasteiger partial charge in [-0.15, -0.1) is 0 Å². The van der Waals surface area contributed by atoms with Crippen LogP contribution in [0, 0.1) is 5.92 Å². The van der Waals surface area contributed by atoms with Crippen molar-refractivity contribution in [2.24, 2.45) is 5.92 Å². The van der Waals surface area contributed by atoms with Crippen molar-refractivity contribution >= 4 is 6.03 Å². The Morgan fingerprint density at radius 1 is 1.36 bits per heavy atom. The van der Waals surface area contributed by atoms with Gasteiger partial charge in [-0.3, -0.25) is 0 Å². The number of nitrogens with zero attached hydrogens (tertiary/aromatic N) is 1. The van der Waals surface area contributed by atoms with E-state index in [0.29, 0.717) is 5.56 Å². The van der Waals surface area contributed by atoms with Crippen LogP contribution in [-0.4, -0.2) is 30.1 Å². The number of amides is 2. The van der Waals surface area contributed by atoms with Crippen molar-refractivity contribution in [2.45, 2.75) is 38.5 Å². The molecule has 0 aliphatic heterocycles. The maximum atomic E-state index is 12.3. The van der Waals surface area contributed by atoms with Crippen molar-refractivity contribution in [1.82, 2.24) is 15.6 Å². The third-order valence-electron chi connectivity index (χ3n) is 3.33. The van der Waals surface area contributed by atoms with Crippen LogP contribution in [0.3, 0.4) is 0 Å². The Bertz CT molecular complexity index is 510. The monoisotopic (exact) mass is 321 g/mol. The second-order valence-electron chi connectivity index (χ2n) is 4.97. The van der Waals surface area contributed by atoms with Gasteiger partial charge in [0.2, 0.25) is 12.3 Å². The Morgan fingerprint density at radius 2 is 2.09 bits per heavy atom. The van der Waals surface area contributed by atoms with Crippen molar-refractivity contribution in [3.05, 3.63) is 23.9 Å². The van der Waals surface area contributed by atoms with Gasteiger partial charge in [0.15, 0.2) is 0 Å². The number of ether oxygens (including phenoxy) is 1. The molecule has 0 unspecified atom stereocenters. The Morgan fingerprint density at radius 3 is 2.73 bits per heavy atom. The summed E-state index contributed by atoms with van der Waals surface area (Å²) in [6.45, 7) is -2.89. The predicted octanol–water partition coefficient (Wildman–Crippen LogP) is 2.53. The van der Waals surface area contributed by atoms with Crippen LogP contribution in [0.5, 0.6) is 5.88 Å². The molecule has 1 aliphatic rings. The van der Waals surface area contributed by atoms with Gasteiger partial charge in [0.05, 0.1) is 0 Å². The first kappa shape index (κ1) is 16.3. The number of hydrogen-bond acceptors (Lipinski definition) is 3. The SMILES string of the molecule is O=C(NCc1ccnc(OC(F)F)c1)NC1CC(C(F)F)C1. The topological polar surface area (TPSA) is 63.2 Å². The van der Waals surface area contributed by atoms with Crippen LogP contribution in [0.1, 0.15) is 18.4 Å². The number of pyridine rings is 1. The van der Waals surface area contributed by atoms with Gasteiger partial charge < -0.3 is 15.4 Å². The highest BCUT2D eigenvalue weighted by atomic mass is 19.3. The molecule has 0 aromatic carbocycles. The molecule has 1 aromatic heterocycles. The smallest absolute Gasteiger partial charge is 0.388 e. The fraction of sp³-hybridized carbons (Fsp3) is 0.538. The van der Waals surface area contributed by atoms with E-state index >= 15 is 0 Å². The number of rotatable bonds is 6. The molecule has 0 saturated heterocycles. The summed E-state index contributed by atoms with van der Waals surface area (Å²) < 4.78 is 52.8. The summed E-state index contributed by atoms with van der Waals surface area (Å²) in [6, 6.07) is 2.07. The zero-order valence-corrected chi connectivity index (χ0v) is 11.4. The van der Waals surface area contributed by atoms with Gasteiger partial charge in [0.1, 0.15) is 0 Å². The molecule has 2 N–H and O–H groups in total. The lowest BCUT2D eigenvalue weighted by Gasteiger charge is -2.35. The van der Waals surface area contributed by atoms with E-state index in [2.05, 4.69) is 20.4 Å². The number of hydrogen-bond donors (Lipinski definition) is 2. The summed E-state index contributed by atoms with van der Waals surface area (Å²) in [7, 11) is 0. The number of alkyl halides is 4. The van der Waals surface area contributed by atoms with E-state index in [1.165, 1.54) is 18.3 Å². The fourth-order valence-corrected chi connectivity index (χ4v) is 2.12. The Hall–Kier alpha value is -2.06. The molecule has 22 heavy (non-hydrogen) atoms. The van der Waals surface area contributed by atoms with E-state index in [4.69, 9.17) is 0 Å². The van der Waals surface area contributed by atoms with Crippen LogP contribution < -0.4 is 15.4 Å². The normalized spacial score (nSPS) is 20.6. The minimum absolute atomic E-state index is 0.0823. The summed E-state index contributed by atoms with van der Waals surface area (Å²) in [5, 5.41) is 5.08. The fourth-order valence-electron chi connectivity index (χ4n) is 2.12. The molecule has 122 valence electrons. The molecule has 0 bridgehead atoms. The van der Waals surface area contributed by atoms with Crippen LogP contribution >= 0.6 is 0 Å². The van der Waals surface area contributed by atoms with Crippen molar-refractivity contribution in [3.63, 3.8) is 0 Å². The highest BCUT2D eigenvalue weighted by Crippen LogP contribution is 2.32. The summed E-state index contributed by atoms with van der Waals surface area (Å²) in [6.07, 6.45) is -0.559. The zero-order chi connectivity index (χ0) is 16.1. The molecular formula is C13H15F4N3O2. The minimum atomic E-state index is -2.97. The van der Waals surface area contributed by atoms with Gasteiger partial charge in [-0.2, -0.15) is 8.78 Å². The molecule has 1 saturated carbocycles. The lowest BCUT2D eigenvalue weighted by Crippen LogP contribution is -2.49. The summed E-state index contributed by atoms with van der Waals surface area (Å²) in [4.78, 5) is 15.2. The second kappa shape index (κ2) is 7.28. The van der Waals surface area contributed by atoms with Gasteiger partial charge in [-0.1, -0.05) is 0 Å². The van der Waals surface area contributed by atoms with Crippen molar-refractivity contribution < 1.29 is 27.1 Å². The van der Waals surface area contributed by atoms with Gasteiger partial charge in [0, 0.05) is 30.8 Å². The number of urea groups is 1. The summed E-state index contributed by atoms with van der Waals surface area (Å²) >= 11 is 0. The van der Waals surface area contributed by atoms with E-state index in [-0.39, 0.29) is 31.3 Å². The van der Waals surface area contributed by atoms with Crippen molar-refractivity contribution in [2.75, 3.05) is 0 Å². The van der Waals surface area contributed by atoms with Gasteiger partial charge in [-0.25, -0.2) is 18.6 Å². The minimum Gasteiger partial charge on any atom is -0.417 e. The number of halogens is 4. The van der Waals surface area contributed by atoms with E-state index in [1.54, 1.807) is 0 Å². The number of nitrogens with one attached hydrogen (secondary N) is 2. The summed E-state index contributed by atoms with van der Waals surface area (Å²) in [5.74, 6) is -0.895. The van der Waals surface area contributed by atoms with Crippen molar-refractivity contribution in [3.8, 4) is 5.88 Å². The third kappa shape index (κ3) is 4.74. The first-order chi connectivity index (χ1) is 10.4. The van der Waals surface area contributed by atoms with Crippen LogP contribution in [-0.2, 0) is 6.54 Å². The Labute approximate surface area is 124 Å². The highest BCUT2D eigenvalue weighted by molar-refractivity contribution is 5.74. The van der Waals surface area contributed by atoms with E-state index in [9.17, 15) is 22.4 Å². The molecule has 5 nitrogen and oxygen atoms in total. The van der Waals surface area contributed by atoms with Crippen LogP contribution in [0.25, 0.3) is 0 Å². The van der Waals surface area contributed by atoms with Gasteiger partial charge in [-0.05, 0) is 24.5 Å². The number of aromatic nitrogens is 1. The molecule has 1 aliphatic carbocycles. The van der Waals surface area contributed by atoms with E-state index < -0.39 is 25.0 Å². The van der Waals surface area contributed by atoms with Crippen LogP contribution in [0.4, 0.5) is 22.4 Å². The molecule has 2 amide bonds. The maximum absolute atomic E-state index is 12.3.